The minimum Gasteiger partial charge on any atom is -0.353 e. The van der Waals surface area contributed by atoms with E-state index >= 15 is 0 Å². The maximum Gasteiger partial charge on any atom is 0.237 e. The van der Waals surface area contributed by atoms with Crippen molar-refractivity contribution in [2.24, 2.45) is 11.7 Å². The van der Waals surface area contributed by atoms with E-state index in [2.05, 4.69) is 31.0 Å². The molecule has 0 spiro atoms. The van der Waals surface area contributed by atoms with Gasteiger partial charge >= 0.3 is 0 Å². The van der Waals surface area contributed by atoms with Crippen molar-refractivity contribution in [2.45, 2.75) is 65.0 Å². The van der Waals surface area contributed by atoms with Crippen LogP contribution >= 0.6 is 12.4 Å². The molecule has 0 radical (unpaired) electrons. The zero-order valence-corrected chi connectivity index (χ0v) is 14.3. The van der Waals surface area contributed by atoms with Gasteiger partial charge < -0.3 is 11.1 Å². The van der Waals surface area contributed by atoms with Crippen LogP contribution in [0, 0.1) is 5.92 Å². The van der Waals surface area contributed by atoms with Crippen molar-refractivity contribution in [1.82, 2.24) is 10.2 Å². The zero-order valence-electron chi connectivity index (χ0n) is 13.4. The molecule has 0 saturated carbocycles. The van der Waals surface area contributed by atoms with Gasteiger partial charge in [0, 0.05) is 12.1 Å². The van der Waals surface area contributed by atoms with Crippen molar-refractivity contribution >= 4 is 18.3 Å². The Balaban J connectivity index is 0.00000361. The summed E-state index contributed by atoms with van der Waals surface area (Å²) in [5.41, 5.74) is 5.97. The fraction of sp³-hybridized carbons (Fsp3) is 0.933. The highest BCUT2D eigenvalue weighted by Crippen LogP contribution is 2.19. The lowest BCUT2D eigenvalue weighted by molar-refractivity contribution is -0.124. The summed E-state index contributed by atoms with van der Waals surface area (Å²) in [7, 11) is 0. The van der Waals surface area contributed by atoms with E-state index in [-0.39, 0.29) is 35.8 Å². The molecular weight excluding hydrogens is 274 g/mol. The van der Waals surface area contributed by atoms with Gasteiger partial charge in [0.25, 0.3) is 0 Å². The smallest absolute Gasteiger partial charge is 0.237 e. The molecule has 0 aromatic carbocycles. The van der Waals surface area contributed by atoms with Crippen molar-refractivity contribution in [1.29, 1.82) is 0 Å². The van der Waals surface area contributed by atoms with Crippen LogP contribution in [0.4, 0.5) is 0 Å². The monoisotopic (exact) mass is 305 g/mol. The van der Waals surface area contributed by atoms with Crippen LogP contribution in [-0.4, -0.2) is 42.0 Å². The normalized spacial score (nSPS) is 19.9. The van der Waals surface area contributed by atoms with Crippen molar-refractivity contribution in [3.63, 3.8) is 0 Å². The highest BCUT2D eigenvalue weighted by Gasteiger charge is 2.29. The maximum absolute atomic E-state index is 12.0. The molecule has 20 heavy (non-hydrogen) atoms. The van der Waals surface area contributed by atoms with Crippen LogP contribution in [0.1, 0.15) is 53.4 Å². The van der Waals surface area contributed by atoms with Gasteiger partial charge in [0.1, 0.15) is 0 Å². The van der Waals surface area contributed by atoms with Gasteiger partial charge in [-0.3, -0.25) is 9.69 Å². The SMILES string of the molecule is CCC(C)C(N)C(=O)NCC(C)(C)N1CCCCC1.Cl. The molecule has 1 aliphatic rings. The second-order valence-corrected chi connectivity index (χ2v) is 6.49. The summed E-state index contributed by atoms with van der Waals surface area (Å²) in [6, 6.07) is -0.387. The Labute approximate surface area is 130 Å². The van der Waals surface area contributed by atoms with Crippen molar-refractivity contribution in [3.05, 3.63) is 0 Å². The first-order chi connectivity index (χ1) is 8.88. The first-order valence-corrected chi connectivity index (χ1v) is 7.67. The lowest BCUT2D eigenvalue weighted by Crippen LogP contribution is -2.55. The number of nitrogens with one attached hydrogen (secondary N) is 1. The number of nitrogens with two attached hydrogens (primary N) is 1. The molecule has 5 heteroatoms. The van der Waals surface area contributed by atoms with Crippen LogP contribution in [0.5, 0.6) is 0 Å². The van der Waals surface area contributed by atoms with Crippen molar-refractivity contribution in [2.75, 3.05) is 19.6 Å². The molecule has 1 amide bonds. The van der Waals surface area contributed by atoms with Gasteiger partial charge in [-0.05, 0) is 45.7 Å². The number of piperidine rings is 1. The highest BCUT2D eigenvalue weighted by atomic mass is 35.5. The summed E-state index contributed by atoms with van der Waals surface area (Å²) in [4.78, 5) is 14.5. The molecule has 2 atom stereocenters. The van der Waals surface area contributed by atoms with E-state index in [4.69, 9.17) is 5.73 Å². The molecule has 1 heterocycles. The average molecular weight is 306 g/mol. The Kier molecular flexibility index (Phi) is 8.71. The second kappa shape index (κ2) is 8.85. The summed E-state index contributed by atoms with van der Waals surface area (Å²) in [6.07, 6.45) is 4.80. The van der Waals surface area contributed by atoms with Gasteiger partial charge in [0.05, 0.1) is 6.04 Å². The molecule has 120 valence electrons. The number of hydrogen-bond acceptors (Lipinski definition) is 3. The lowest BCUT2D eigenvalue weighted by Gasteiger charge is -2.41. The maximum atomic E-state index is 12.0. The predicted octanol–water partition coefficient (Wildman–Crippen LogP) is 2.16. The molecule has 1 saturated heterocycles. The van der Waals surface area contributed by atoms with E-state index < -0.39 is 0 Å². The summed E-state index contributed by atoms with van der Waals surface area (Å²) >= 11 is 0. The molecule has 1 fully saturated rings. The first kappa shape index (κ1) is 19.7. The molecule has 1 rings (SSSR count). The summed E-state index contributed by atoms with van der Waals surface area (Å²) in [6.45, 7) is 11.5. The Hall–Kier alpha value is -0.320. The van der Waals surface area contributed by atoms with Crippen LogP contribution in [0.3, 0.4) is 0 Å². The van der Waals surface area contributed by atoms with Crippen LogP contribution in [0.25, 0.3) is 0 Å². The fourth-order valence-corrected chi connectivity index (χ4v) is 2.54. The van der Waals surface area contributed by atoms with E-state index in [1.807, 2.05) is 6.92 Å². The minimum absolute atomic E-state index is 0. The number of halogens is 1. The Morgan fingerprint density at radius 3 is 2.35 bits per heavy atom. The van der Waals surface area contributed by atoms with Crippen LogP contribution < -0.4 is 11.1 Å². The zero-order chi connectivity index (χ0) is 14.5. The molecule has 0 aromatic heterocycles. The standard InChI is InChI=1S/C15H31N3O.ClH/c1-5-12(2)13(16)14(19)17-11-15(3,4)18-9-7-6-8-10-18;/h12-13H,5-11,16H2,1-4H3,(H,17,19);1H. The van der Waals surface area contributed by atoms with Crippen LogP contribution in [0.15, 0.2) is 0 Å². The fourth-order valence-electron chi connectivity index (χ4n) is 2.54. The number of nitrogens with zero attached hydrogens (tertiary/aromatic N) is 1. The van der Waals surface area contributed by atoms with E-state index in [1.54, 1.807) is 0 Å². The molecular formula is C15H32ClN3O. The lowest BCUT2D eigenvalue weighted by atomic mass is 9.97. The number of hydrogen-bond donors (Lipinski definition) is 2. The Bertz CT molecular complexity index is 291. The third-order valence-electron chi connectivity index (χ3n) is 4.47. The van der Waals surface area contributed by atoms with E-state index in [9.17, 15) is 4.79 Å². The Morgan fingerprint density at radius 1 is 1.30 bits per heavy atom. The average Bonchev–Trinajstić information content (AvgIpc) is 2.44. The molecule has 4 nitrogen and oxygen atoms in total. The third kappa shape index (κ3) is 5.58. The van der Waals surface area contributed by atoms with Gasteiger partial charge in [0.15, 0.2) is 0 Å². The number of amides is 1. The van der Waals surface area contributed by atoms with E-state index in [0.717, 1.165) is 19.5 Å². The molecule has 0 aromatic rings. The molecule has 1 aliphatic heterocycles. The first-order valence-electron chi connectivity index (χ1n) is 7.67. The van der Waals surface area contributed by atoms with Gasteiger partial charge in [-0.15, -0.1) is 12.4 Å². The molecule has 0 bridgehead atoms. The largest absolute Gasteiger partial charge is 0.353 e. The Morgan fingerprint density at radius 2 is 1.85 bits per heavy atom. The third-order valence-corrected chi connectivity index (χ3v) is 4.47. The van der Waals surface area contributed by atoms with Crippen LogP contribution in [-0.2, 0) is 4.79 Å². The highest BCUT2D eigenvalue weighted by molar-refractivity contribution is 5.85. The van der Waals surface area contributed by atoms with Crippen molar-refractivity contribution < 1.29 is 4.79 Å². The van der Waals surface area contributed by atoms with Crippen LogP contribution in [0.2, 0.25) is 0 Å². The predicted molar refractivity (Wildman–Crippen MR) is 87.2 cm³/mol. The number of likely N-dealkylation sites (tertiary alicyclic amines) is 1. The van der Waals surface area contributed by atoms with E-state index in [0.29, 0.717) is 6.54 Å². The summed E-state index contributed by atoms with van der Waals surface area (Å²) < 4.78 is 0. The minimum atomic E-state index is -0.387. The number of carbonyl (C=O) groups is 1. The van der Waals surface area contributed by atoms with Gasteiger partial charge in [-0.1, -0.05) is 26.7 Å². The number of carbonyl (C=O) groups excluding carboxylic acids is 1. The van der Waals surface area contributed by atoms with Crippen molar-refractivity contribution in [3.8, 4) is 0 Å². The molecule has 3 N–H and O–H groups in total. The number of rotatable bonds is 6. The summed E-state index contributed by atoms with van der Waals surface area (Å²) in [5.74, 6) is 0.220. The quantitative estimate of drug-likeness (QED) is 0.790. The topological polar surface area (TPSA) is 58.4 Å². The van der Waals surface area contributed by atoms with Gasteiger partial charge in [-0.25, -0.2) is 0 Å². The molecule has 2 unspecified atom stereocenters. The van der Waals surface area contributed by atoms with E-state index in [1.165, 1.54) is 19.3 Å². The van der Waals surface area contributed by atoms with Gasteiger partial charge in [0.2, 0.25) is 5.91 Å². The second-order valence-electron chi connectivity index (χ2n) is 6.49. The summed E-state index contributed by atoms with van der Waals surface area (Å²) in [5, 5.41) is 3.03. The van der Waals surface area contributed by atoms with Gasteiger partial charge in [-0.2, -0.15) is 0 Å². The molecule has 0 aliphatic carbocycles.